The zero-order chi connectivity index (χ0) is 19.7. The second-order valence-corrected chi connectivity index (χ2v) is 7.51. The Balaban J connectivity index is 1.36. The largest absolute Gasteiger partial charge is 0.472 e. The van der Waals surface area contributed by atoms with Gasteiger partial charge in [-0.2, -0.15) is 0 Å². The Bertz CT molecular complexity index is 899. The maximum Gasteiger partial charge on any atom is 0.339 e. The number of carbonyl (C=O) groups is 3. The minimum absolute atomic E-state index is 0.0615. The van der Waals surface area contributed by atoms with Crippen LogP contribution in [0.1, 0.15) is 46.0 Å². The molecule has 1 aromatic heterocycles. The lowest BCUT2D eigenvalue weighted by molar-refractivity contribution is -0.140. The van der Waals surface area contributed by atoms with E-state index in [1.165, 1.54) is 12.5 Å². The Morgan fingerprint density at radius 3 is 2.64 bits per heavy atom. The highest BCUT2D eigenvalue weighted by Gasteiger charge is 2.43. The molecule has 146 valence electrons. The molecule has 0 unspecified atom stereocenters. The van der Waals surface area contributed by atoms with Crippen LogP contribution in [0, 0.1) is 0 Å². The van der Waals surface area contributed by atoms with E-state index >= 15 is 0 Å². The smallest absolute Gasteiger partial charge is 0.339 e. The standard InChI is InChI=1S/C21H22N2O5/c1-21(12-14-4-2-3-5-17(14)19(25)28-21)20(26)22-16-6-9-23(10-7-16)18(24)15-8-11-27-13-15/h2-5,8,11,13,16H,6-7,9-10,12H2,1H3,(H,22,26)/t21-/m0/s1. The van der Waals surface area contributed by atoms with Gasteiger partial charge in [-0.3, -0.25) is 9.59 Å². The number of hydrogen-bond acceptors (Lipinski definition) is 5. The highest BCUT2D eigenvalue weighted by molar-refractivity contribution is 5.97. The van der Waals surface area contributed by atoms with Gasteiger partial charge in [0.25, 0.3) is 11.8 Å². The lowest BCUT2D eigenvalue weighted by Gasteiger charge is -2.36. The Morgan fingerprint density at radius 1 is 1.18 bits per heavy atom. The molecular formula is C21H22N2O5. The number of piperidine rings is 1. The summed E-state index contributed by atoms with van der Waals surface area (Å²) in [7, 11) is 0. The first-order valence-electron chi connectivity index (χ1n) is 9.40. The van der Waals surface area contributed by atoms with Crippen LogP contribution in [-0.2, 0) is 16.0 Å². The molecule has 2 aromatic rings. The van der Waals surface area contributed by atoms with Crippen LogP contribution in [0.5, 0.6) is 0 Å². The Labute approximate surface area is 162 Å². The van der Waals surface area contributed by atoms with Crippen LogP contribution < -0.4 is 5.32 Å². The Kier molecular flexibility index (Phi) is 4.66. The summed E-state index contributed by atoms with van der Waals surface area (Å²) in [5.41, 5.74) is 0.633. The lowest BCUT2D eigenvalue weighted by atomic mass is 9.89. The van der Waals surface area contributed by atoms with Gasteiger partial charge in [-0.1, -0.05) is 18.2 Å². The molecule has 1 saturated heterocycles. The van der Waals surface area contributed by atoms with Gasteiger partial charge < -0.3 is 19.4 Å². The first-order valence-corrected chi connectivity index (χ1v) is 9.40. The first kappa shape index (κ1) is 18.3. The summed E-state index contributed by atoms with van der Waals surface area (Å²) in [6.07, 6.45) is 4.56. The summed E-state index contributed by atoms with van der Waals surface area (Å²) in [5.74, 6) is -0.835. The van der Waals surface area contributed by atoms with Crippen molar-refractivity contribution < 1.29 is 23.5 Å². The molecule has 0 aliphatic carbocycles. The van der Waals surface area contributed by atoms with Crippen LogP contribution in [0.4, 0.5) is 0 Å². The van der Waals surface area contributed by atoms with E-state index in [4.69, 9.17) is 9.15 Å². The molecule has 7 heteroatoms. The Hall–Kier alpha value is -3.09. The van der Waals surface area contributed by atoms with Gasteiger partial charge >= 0.3 is 5.97 Å². The maximum absolute atomic E-state index is 12.9. The van der Waals surface area contributed by atoms with Crippen molar-refractivity contribution in [3.63, 3.8) is 0 Å². The van der Waals surface area contributed by atoms with Crippen LogP contribution in [-0.4, -0.2) is 47.4 Å². The molecule has 1 aromatic carbocycles. The van der Waals surface area contributed by atoms with Crippen molar-refractivity contribution in [3.05, 3.63) is 59.5 Å². The molecule has 0 bridgehead atoms. The minimum atomic E-state index is -1.23. The van der Waals surface area contributed by atoms with Crippen molar-refractivity contribution in [2.24, 2.45) is 0 Å². The van der Waals surface area contributed by atoms with Gasteiger partial charge in [0.2, 0.25) is 0 Å². The van der Waals surface area contributed by atoms with Gasteiger partial charge in [0.1, 0.15) is 6.26 Å². The van der Waals surface area contributed by atoms with Crippen molar-refractivity contribution >= 4 is 17.8 Å². The maximum atomic E-state index is 12.9. The van der Waals surface area contributed by atoms with Crippen LogP contribution >= 0.6 is 0 Å². The Morgan fingerprint density at radius 2 is 1.93 bits per heavy atom. The fraction of sp³-hybridized carbons (Fsp3) is 0.381. The molecule has 1 N–H and O–H groups in total. The van der Waals surface area contributed by atoms with Gasteiger partial charge in [0, 0.05) is 25.6 Å². The molecule has 4 rings (SSSR count). The van der Waals surface area contributed by atoms with Crippen molar-refractivity contribution in [1.29, 1.82) is 0 Å². The van der Waals surface area contributed by atoms with E-state index in [0.717, 1.165) is 5.56 Å². The number of esters is 1. The number of likely N-dealkylation sites (tertiary alicyclic amines) is 1. The summed E-state index contributed by atoms with van der Waals surface area (Å²) in [4.78, 5) is 39.3. The monoisotopic (exact) mass is 382 g/mol. The second kappa shape index (κ2) is 7.14. The summed E-state index contributed by atoms with van der Waals surface area (Å²) in [5, 5.41) is 3.00. The van der Waals surface area contributed by atoms with E-state index in [9.17, 15) is 14.4 Å². The molecule has 2 aliphatic rings. The SMILES string of the molecule is C[C@@]1(C(=O)NC2CCN(C(=O)c3ccoc3)CC2)Cc2ccccc2C(=O)O1. The number of furan rings is 1. The third kappa shape index (κ3) is 3.40. The predicted octanol–water partition coefficient (Wildman–Crippen LogP) is 2.17. The van der Waals surface area contributed by atoms with Crippen LogP contribution in [0.3, 0.4) is 0 Å². The molecule has 3 heterocycles. The minimum Gasteiger partial charge on any atom is -0.472 e. The van der Waals surface area contributed by atoms with Crippen LogP contribution in [0.25, 0.3) is 0 Å². The molecule has 0 spiro atoms. The quantitative estimate of drug-likeness (QED) is 0.822. The summed E-state index contributed by atoms with van der Waals surface area (Å²) in [6, 6.07) is 8.77. The van der Waals surface area contributed by atoms with Crippen molar-refractivity contribution in [2.45, 2.75) is 37.8 Å². The number of ether oxygens (including phenoxy) is 1. The number of amides is 2. The van der Waals surface area contributed by atoms with E-state index in [0.29, 0.717) is 43.5 Å². The fourth-order valence-corrected chi connectivity index (χ4v) is 3.79. The third-order valence-corrected chi connectivity index (χ3v) is 5.45. The number of nitrogens with one attached hydrogen (secondary N) is 1. The number of cyclic esters (lactones) is 1. The number of fused-ring (bicyclic) bond motifs is 1. The number of rotatable bonds is 3. The van der Waals surface area contributed by atoms with Gasteiger partial charge in [-0.05, 0) is 37.5 Å². The molecule has 7 nitrogen and oxygen atoms in total. The van der Waals surface area contributed by atoms with Gasteiger partial charge in [-0.15, -0.1) is 0 Å². The normalized spacial score (nSPS) is 22.3. The zero-order valence-electron chi connectivity index (χ0n) is 15.6. The predicted molar refractivity (Wildman–Crippen MR) is 99.7 cm³/mol. The summed E-state index contributed by atoms with van der Waals surface area (Å²) >= 11 is 0. The lowest BCUT2D eigenvalue weighted by Crippen LogP contribution is -2.56. The number of carbonyl (C=O) groups excluding carboxylic acids is 3. The average molecular weight is 382 g/mol. The van der Waals surface area contributed by atoms with E-state index < -0.39 is 11.6 Å². The van der Waals surface area contributed by atoms with E-state index in [-0.39, 0.29) is 17.9 Å². The molecule has 0 radical (unpaired) electrons. The number of hydrogen-bond donors (Lipinski definition) is 1. The third-order valence-electron chi connectivity index (χ3n) is 5.45. The zero-order valence-corrected chi connectivity index (χ0v) is 15.6. The molecule has 2 amide bonds. The highest BCUT2D eigenvalue weighted by Crippen LogP contribution is 2.28. The number of nitrogens with zero attached hydrogens (tertiary/aromatic N) is 1. The van der Waals surface area contributed by atoms with Gasteiger partial charge in [0.05, 0.1) is 17.4 Å². The summed E-state index contributed by atoms with van der Waals surface area (Å²) in [6.45, 7) is 2.75. The molecule has 28 heavy (non-hydrogen) atoms. The second-order valence-electron chi connectivity index (χ2n) is 7.51. The first-order chi connectivity index (χ1) is 13.5. The molecule has 2 aliphatic heterocycles. The van der Waals surface area contributed by atoms with Gasteiger partial charge in [-0.25, -0.2) is 4.79 Å². The average Bonchev–Trinajstić information content (AvgIpc) is 3.23. The highest BCUT2D eigenvalue weighted by atomic mass is 16.6. The van der Waals surface area contributed by atoms with Crippen molar-refractivity contribution in [2.75, 3.05) is 13.1 Å². The molecule has 1 atom stereocenters. The molecule has 0 saturated carbocycles. The van der Waals surface area contributed by atoms with Crippen molar-refractivity contribution in [1.82, 2.24) is 10.2 Å². The van der Waals surface area contributed by atoms with E-state index in [1.807, 2.05) is 12.1 Å². The van der Waals surface area contributed by atoms with Crippen LogP contribution in [0.15, 0.2) is 47.3 Å². The summed E-state index contributed by atoms with van der Waals surface area (Å²) < 4.78 is 10.5. The molecule has 1 fully saturated rings. The van der Waals surface area contributed by atoms with Crippen LogP contribution in [0.2, 0.25) is 0 Å². The topological polar surface area (TPSA) is 88.9 Å². The number of benzene rings is 1. The van der Waals surface area contributed by atoms with Crippen molar-refractivity contribution in [3.8, 4) is 0 Å². The fourth-order valence-electron chi connectivity index (χ4n) is 3.79. The molecular weight excluding hydrogens is 360 g/mol. The van der Waals surface area contributed by atoms with Gasteiger partial charge in [0.15, 0.2) is 5.60 Å². The van der Waals surface area contributed by atoms with E-state index in [2.05, 4.69) is 5.32 Å². The van der Waals surface area contributed by atoms with E-state index in [1.54, 1.807) is 30.0 Å².